The lowest BCUT2D eigenvalue weighted by molar-refractivity contribution is 0.0300. The highest BCUT2D eigenvalue weighted by Crippen LogP contribution is 2.28. The standard InChI is InChI=1S/C17H26F2N2/c1-5-17(4)11-20-16(12(2)3)10-21(17)9-13-14(18)7-6-8-15(13)19/h6-8,12,16,20H,5,9-11H2,1-4H3. The summed E-state index contributed by atoms with van der Waals surface area (Å²) < 4.78 is 27.9. The van der Waals surface area contributed by atoms with Gasteiger partial charge in [-0.3, -0.25) is 4.90 Å². The molecular formula is C17H26F2N2. The second kappa shape index (κ2) is 6.41. The van der Waals surface area contributed by atoms with Crippen LogP contribution in [0.25, 0.3) is 0 Å². The lowest BCUT2D eigenvalue weighted by atomic mass is 9.88. The van der Waals surface area contributed by atoms with E-state index in [2.05, 4.69) is 37.9 Å². The minimum absolute atomic E-state index is 0.0693. The van der Waals surface area contributed by atoms with Gasteiger partial charge in [0.2, 0.25) is 0 Å². The fourth-order valence-electron chi connectivity index (χ4n) is 2.91. The van der Waals surface area contributed by atoms with Crippen LogP contribution in [0.3, 0.4) is 0 Å². The van der Waals surface area contributed by atoms with E-state index in [1.54, 1.807) is 0 Å². The van der Waals surface area contributed by atoms with Gasteiger partial charge in [-0.05, 0) is 31.4 Å². The maximum Gasteiger partial charge on any atom is 0.130 e. The fourth-order valence-corrected chi connectivity index (χ4v) is 2.91. The van der Waals surface area contributed by atoms with Crippen LogP contribution >= 0.6 is 0 Å². The summed E-state index contributed by atoms with van der Waals surface area (Å²) in [6.07, 6.45) is 0.945. The van der Waals surface area contributed by atoms with Gasteiger partial charge in [0.15, 0.2) is 0 Å². The Morgan fingerprint density at radius 2 is 1.95 bits per heavy atom. The van der Waals surface area contributed by atoms with Gasteiger partial charge in [-0.25, -0.2) is 8.78 Å². The average molecular weight is 296 g/mol. The molecule has 2 unspecified atom stereocenters. The van der Waals surface area contributed by atoms with Gasteiger partial charge in [-0.15, -0.1) is 0 Å². The van der Waals surface area contributed by atoms with E-state index >= 15 is 0 Å². The highest BCUT2D eigenvalue weighted by molar-refractivity contribution is 5.20. The van der Waals surface area contributed by atoms with Crippen molar-refractivity contribution >= 4 is 0 Å². The van der Waals surface area contributed by atoms with Crippen molar-refractivity contribution in [1.82, 2.24) is 10.2 Å². The van der Waals surface area contributed by atoms with Gasteiger partial charge >= 0.3 is 0 Å². The minimum Gasteiger partial charge on any atom is -0.311 e. The molecule has 21 heavy (non-hydrogen) atoms. The van der Waals surface area contributed by atoms with Crippen molar-refractivity contribution < 1.29 is 8.78 Å². The van der Waals surface area contributed by atoms with E-state index in [0.29, 0.717) is 18.5 Å². The summed E-state index contributed by atoms with van der Waals surface area (Å²) in [4.78, 5) is 2.23. The van der Waals surface area contributed by atoms with Crippen LogP contribution in [-0.2, 0) is 6.54 Å². The lowest BCUT2D eigenvalue weighted by Crippen LogP contribution is -2.63. The second-order valence-electron chi connectivity index (χ2n) is 6.66. The van der Waals surface area contributed by atoms with Gasteiger partial charge in [0, 0.05) is 36.8 Å². The molecule has 118 valence electrons. The summed E-state index contributed by atoms with van der Waals surface area (Å²) in [5, 5.41) is 3.58. The zero-order valence-corrected chi connectivity index (χ0v) is 13.4. The zero-order chi connectivity index (χ0) is 15.6. The number of piperazine rings is 1. The number of nitrogens with one attached hydrogen (secondary N) is 1. The maximum atomic E-state index is 13.9. The predicted molar refractivity (Wildman–Crippen MR) is 82.1 cm³/mol. The largest absolute Gasteiger partial charge is 0.311 e. The van der Waals surface area contributed by atoms with Gasteiger partial charge in [-0.1, -0.05) is 26.8 Å². The molecule has 1 aromatic rings. The van der Waals surface area contributed by atoms with E-state index in [9.17, 15) is 8.78 Å². The molecule has 1 N–H and O–H groups in total. The SMILES string of the molecule is CCC1(C)CNC(C(C)C)CN1Cc1c(F)cccc1F. The minimum atomic E-state index is -0.451. The molecule has 0 radical (unpaired) electrons. The van der Waals surface area contributed by atoms with Crippen molar-refractivity contribution in [3.05, 3.63) is 35.4 Å². The third-order valence-corrected chi connectivity index (χ3v) is 4.90. The molecule has 0 saturated carbocycles. The van der Waals surface area contributed by atoms with Crippen LogP contribution < -0.4 is 5.32 Å². The van der Waals surface area contributed by atoms with Crippen LogP contribution in [0.5, 0.6) is 0 Å². The van der Waals surface area contributed by atoms with Crippen molar-refractivity contribution in [3.8, 4) is 0 Å². The number of benzene rings is 1. The van der Waals surface area contributed by atoms with E-state index in [1.165, 1.54) is 18.2 Å². The first-order valence-electron chi connectivity index (χ1n) is 7.78. The quantitative estimate of drug-likeness (QED) is 0.914. The smallest absolute Gasteiger partial charge is 0.130 e. The lowest BCUT2D eigenvalue weighted by Gasteiger charge is -2.49. The van der Waals surface area contributed by atoms with Crippen molar-refractivity contribution in [2.45, 2.75) is 52.2 Å². The molecule has 1 saturated heterocycles. The number of halogens is 2. The molecule has 1 aromatic carbocycles. The molecule has 2 atom stereocenters. The van der Waals surface area contributed by atoms with Gasteiger partial charge in [0.05, 0.1) is 0 Å². The topological polar surface area (TPSA) is 15.3 Å². The van der Waals surface area contributed by atoms with Gasteiger partial charge in [-0.2, -0.15) is 0 Å². The Morgan fingerprint density at radius 3 is 2.48 bits per heavy atom. The molecule has 0 aromatic heterocycles. The molecule has 1 aliphatic heterocycles. The van der Waals surface area contributed by atoms with Gasteiger partial charge in [0.1, 0.15) is 11.6 Å². The Balaban J connectivity index is 2.24. The highest BCUT2D eigenvalue weighted by Gasteiger charge is 2.37. The Labute approximate surface area is 126 Å². The van der Waals surface area contributed by atoms with E-state index < -0.39 is 11.6 Å². The molecule has 2 nitrogen and oxygen atoms in total. The molecule has 0 aliphatic carbocycles. The number of rotatable bonds is 4. The van der Waals surface area contributed by atoms with Crippen LogP contribution in [0.1, 0.15) is 39.7 Å². The first-order chi connectivity index (χ1) is 9.87. The van der Waals surface area contributed by atoms with Crippen molar-refractivity contribution in [2.75, 3.05) is 13.1 Å². The third kappa shape index (κ3) is 3.43. The van der Waals surface area contributed by atoms with Crippen molar-refractivity contribution in [3.63, 3.8) is 0 Å². The van der Waals surface area contributed by atoms with Crippen molar-refractivity contribution in [1.29, 1.82) is 0 Å². The van der Waals surface area contributed by atoms with E-state index in [1.807, 2.05) is 0 Å². The molecular weight excluding hydrogens is 270 g/mol. The van der Waals surface area contributed by atoms with Gasteiger partial charge < -0.3 is 5.32 Å². The summed E-state index contributed by atoms with van der Waals surface area (Å²) in [7, 11) is 0. The molecule has 0 spiro atoms. The number of hydrogen-bond acceptors (Lipinski definition) is 2. The first-order valence-corrected chi connectivity index (χ1v) is 7.78. The Kier molecular flexibility index (Phi) is 4.99. The average Bonchev–Trinajstić information content (AvgIpc) is 2.44. The van der Waals surface area contributed by atoms with Crippen LogP contribution in [0.2, 0.25) is 0 Å². The normalized spacial score (nSPS) is 27.3. The van der Waals surface area contributed by atoms with Crippen LogP contribution in [0, 0.1) is 17.6 Å². The first kappa shape index (κ1) is 16.4. The molecule has 0 amide bonds. The Hall–Kier alpha value is -1.00. The third-order valence-electron chi connectivity index (χ3n) is 4.90. The van der Waals surface area contributed by atoms with Crippen LogP contribution in [-0.4, -0.2) is 29.6 Å². The summed E-state index contributed by atoms with van der Waals surface area (Å²) in [6, 6.07) is 4.45. The molecule has 0 bridgehead atoms. The number of nitrogens with zero attached hydrogens (tertiary/aromatic N) is 1. The molecule has 1 heterocycles. The summed E-state index contributed by atoms with van der Waals surface area (Å²) in [5.74, 6) is -0.402. The highest BCUT2D eigenvalue weighted by atomic mass is 19.1. The fraction of sp³-hybridized carbons (Fsp3) is 0.647. The Morgan fingerprint density at radius 1 is 1.33 bits per heavy atom. The van der Waals surface area contributed by atoms with E-state index in [-0.39, 0.29) is 11.1 Å². The summed E-state index contributed by atoms with van der Waals surface area (Å²) >= 11 is 0. The summed E-state index contributed by atoms with van der Waals surface area (Å²) in [6.45, 7) is 10.6. The molecule has 1 fully saturated rings. The number of hydrogen-bond donors (Lipinski definition) is 1. The van der Waals surface area contributed by atoms with E-state index in [0.717, 1.165) is 19.5 Å². The van der Waals surface area contributed by atoms with Crippen molar-refractivity contribution in [2.24, 2.45) is 5.92 Å². The zero-order valence-electron chi connectivity index (χ0n) is 13.4. The Bertz CT molecular complexity index is 469. The van der Waals surface area contributed by atoms with Crippen LogP contribution in [0.15, 0.2) is 18.2 Å². The van der Waals surface area contributed by atoms with E-state index in [4.69, 9.17) is 0 Å². The maximum absolute atomic E-state index is 13.9. The second-order valence-corrected chi connectivity index (χ2v) is 6.66. The molecule has 4 heteroatoms. The monoisotopic (exact) mass is 296 g/mol. The molecule has 1 aliphatic rings. The summed E-state index contributed by atoms with van der Waals surface area (Å²) in [5.41, 5.74) is 0.113. The van der Waals surface area contributed by atoms with Gasteiger partial charge in [0.25, 0.3) is 0 Å². The molecule has 2 rings (SSSR count). The van der Waals surface area contributed by atoms with Crippen LogP contribution in [0.4, 0.5) is 8.78 Å². The predicted octanol–water partition coefficient (Wildman–Crippen LogP) is 3.56.